The minimum absolute atomic E-state index is 0.00569. The Balaban J connectivity index is 1.50. The summed E-state index contributed by atoms with van der Waals surface area (Å²) in [5.41, 5.74) is 0.855. The zero-order valence-electron chi connectivity index (χ0n) is 18.7. The number of esters is 1. The number of pyridine rings is 1. The third-order valence-electron chi connectivity index (χ3n) is 7.02. The van der Waals surface area contributed by atoms with Gasteiger partial charge in [-0.05, 0) is 86.9 Å². The Kier molecular flexibility index (Phi) is 6.74. The van der Waals surface area contributed by atoms with Crippen molar-refractivity contribution in [2.24, 2.45) is 0 Å². The van der Waals surface area contributed by atoms with Crippen molar-refractivity contribution in [3.63, 3.8) is 0 Å². The molecule has 2 heterocycles. The summed E-state index contributed by atoms with van der Waals surface area (Å²) >= 11 is 0. The Morgan fingerprint density at radius 2 is 2.03 bits per heavy atom. The lowest BCUT2D eigenvalue weighted by Crippen LogP contribution is -2.35. The first kappa shape index (κ1) is 22.6. The molecule has 2 fully saturated rings. The van der Waals surface area contributed by atoms with Gasteiger partial charge in [0.15, 0.2) is 5.82 Å². The summed E-state index contributed by atoms with van der Waals surface area (Å²) in [5, 5.41) is 0. The van der Waals surface area contributed by atoms with Crippen molar-refractivity contribution in [2.75, 3.05) is 33.4 Å². The second kappa shape index (κ2) is 9.53. The summed E-state index contributed by atoms with van der Waals surface area (Å²) in [5.74, 6) is -1.31. The largest absolute Gasteiger partial charge is 0.474 e. The molecule has 0 unspecified atom stereocenters. The normalized spacial score (nSPS) is 23.4. The quantitative estimate of drug-likeness (QED) is 0.588. The zero-order chi connectivity index (χ0) is 22.7. The number of rotatable bonds is 7. The number of aromatic nitrogens is 1. The Bertz CT molecular complexity index is 978. The van der Waals surface area contributed by atoms with Crippen LogP contribution in [-0.4, -0.2) is 49.2 Å². The number of carbonyl (C=O) groups excluding carboxylic acids is 1. The molecule has 4 rings (SSSR count). The Morgan fingerprint density at radius 3 is 2.75 bits per heavy atom. The molecule has 172 valence electrons. The molecular weight excluding hydrogens is 414 g/mol. The standard InChI is InChI=1S/C25H30F2N2O3/c1-17-20(6-5-7-21(17)26)25(24(30)31-2)9-8-18(15-25)19-14-22(27)23(28-16-19)32-13-12-29-10-3-4-11-29/h5-7,14,16,18H,3-4,8-13,15H2,1-2H3/t18-,25+/m1/s1. The van der Waals surface area contributed by atoms with Crippen LogP contribution in [0.4, 0.5) is 8.78 Å². The van der Waals surface area contributed by atoms with Crippen LogP contribution in [0, 0.1) is 18.6 Å². The van der Waals surface area contributed by atoms with E-state index in [1.165, 1.54) is 32.1 Å². The van der Waals surface area contributed by atoms with Crippen LogP contribution in [0.3, 0.4) is 0 Å². The van der Waals surface area contributed by atoms with Crippen LogP contribution in [0.15, 0.2) is 30.5 Å². The van der Waals surface area contributed by atoms with E-state index in [4.69, 9.17) is 9.47 Å². The number of hydrogen-bond donors (Lipinski definition) is 0. The van der Waals surface area contributed by atoms with Gasteiger partial charge in [0, 0.05) is 12.7 Å². The van der Waals surface area contributed by atoms with Gasteiger partial charge in [0.1, 0.15) is 12.4 Å². The molecule has 1 aromatic carbocycles. The number of halogens is 2. The summed E-state index contributed by atoms with van der Waals surface area (Å²) in [7, 11) is 1.35. The van der Waals surface area contributed by atoms with E-state index >= 15 is 0 Å². The maximum absolute atomic E-state index is 14.7. The number of nitrogens with zero attached hydrogens (tertiary/aromatic N) is 2. The molecule has 2 atom stereocenters. The highest BCUT2D eigenvalue weighted by Crippen LogP contribution is 2.50. The fourth-order valence-corrected chi connectivity index (χ4v) is 5.24. The SMILES string of the molecule is COC(=O)[C@@]1(c2cccc(F)c2C)CC[C@@H](c2cnc(OCCN3CCCC3)c(F)c2)C1. The molecule has 2 aromatic rings. The van der Waals surface area contributed by atoms with Crippen LogP contribution in [0.1, 0.15) is 54.7 Å². The lowest BCUT2D eigenvalue weighted by Gasteiger charge is -2.29. The molecule has 0 spiro atoms. The number of ether oxygens (including phenoxy) is 2. The molecule has 0 bridgehead atoms. The van der Waals surface area contributed by atoms with E-state index in [9.17, 15) is 13.6 Å². The highest BCUT2D eigenvalue weighted by molar-refractivity contribution is 5.84. The highest BCUT2D eigenvalue weighted by Gasteiger charge is 2.49. The molecule has 1 aliphatic carbocycles. The van der Waals surface area contributed by atoms with Gasteiger partial charge in [0.05, 0.1) is 12.5 Å². The van der Waals surface area contributed by atoms with Gasteiger partial charge >= 0.3 is 5.97 Å². The van der Waals surface area contributed by atoms with Gasteiger partial charge in [0.25, 0.3) is 0 Å². The van der Waals surface area contributed by atoms with Crippen LogP contribution >= 0.6 is 0 Å². The zero-order valence-corrected chi connectivity index (χ0v) is 18.7. The summed E-state index contributed by atoms with van der Waals surface area (Å²) in [4.78, 5) is 19.4. The fourth-order valence-electron chi connectivity index (χ4n) is 5.24. The summed E-state index contributed by atoms with van der Waals surface area (Å²) < 4.78 is 39.7. The van der Waals surface area contributed by atoms with Crippen molar-refractivity contribution in [1.82, 2.24) is 9.88 Å². The van der Waals surface area contributed by atoms with Gasteiger partial charge in [-0.2, -0.15) is 0 Å². The van der Waals surface area contributed by atoms with E-state index in [-0.39, 0.29) is 23.6 Å². The van der Waals surface area contributed by atoms with Gasteiger partial charge in [0.2, 0.25) is 5.88 Å². The number of carbonyl (C=O) groups is 1. The Labute approximate surface area is 187 Å². The maximum Gasteiger partial charge on any atom is 0.316 e. The molecule has 2 aliphatic rings. The minimum Gasteiger partial charge on any atom is -0.474 e. The predicted molar refractivity (Wildman–Crippen MR) is 117 cm³/mol. The van der Waals surface area contributed by atoms with Crippen LogP contribution in [0.5, 0.6) is 5.88 Å². The number of benzene rings is 1. The van der Waals surface area contributed by atoms with Gasteiger partial charge in [-0.1, -0.05) is 12.1 Å². The monoisotopic (exact) mass is 444 g/mol. The van der Waals surface area contributed by atoms with Gasteiger partial charge in [-0.3, -0.25) is 9.69 Å². The molecule has 32 heavy (non-hydrogen) atoms. The summed E-state index contributed by atoms with van der Waals surface area (Å²) in [6.45, 7) is 4.97. The average molecular weight is 445 g/mol. The lowest BCUT2D eigenvalue weighted by molar-refractivity contribution is -0.147. The maximum atomic E-state index is 14.7. The van der Waals surface area contributed by atoms with Crippen molar-refractivity contribution < 1.29 is 23.0 Å². The average Bonchev–Trinajstić information content (AvgIpc) is 3.47. The van der Waals surface area contributed by atoms with Crippen molar-refractivity contribution in [2.45, 2.75) is 50.4 Å². The Morgan fingerprint density at radius 1 is 1.25 bits per heavy atom. The van der Waals surface area contributed by atoms with Crippen LogP contribution in [0.2, 0.25) is 0 Å². The predicted octanol–water partition coefficient (Wildman–Crippen LogP) is 4.52. The van der Waals surface area contributed by atoms with Crippen molar-refractivity contribution in [1.29, 1.82) is 0 Å². The molecule has 0 radical (unpaired) electrons. The second-order valence-corrected chi connectivity index (χ2v) is 8.88. The molecule has 5 nitrogen and oxygen atoms in total. The van der Waals surface area contributed by atoms with Gasteiger partial charge in [-0.15, -0.1) is 0 Å². The van der Waals surface area contributed by atoms with Crippen molar-refractivity contribution >= 4 is 5.97 Å². The third-order valence-corrected chi connectivity index (χ3v) is 7.02. The molecule has 0 N–H and O–H groups in total. The summed E-state index contributed by atoms with van der Waals surface area (Å²) in [6.07, 6.45) is 5.60. The first-order valence-electron chi connectivity index (χ1n) is 11.3. The second-order valence-electron chi connectivity index (χ2n) is 8.88. The van der Waals surface area contributed by atoms with E-state index in [2.05, 4.69) is 9.88 Å². The third kappa shape index (κ3) is 4.35. The first-order chi connectivity index (χ1) is 15.4. The van der Waals surface area contributed by atoms with E-state index in [0.29, 0.717) is 42.6 Å². The smallest absolute Gasteiger partial charge is 0.316 e. The lowest BCUT2D eigenvalue weighted by atomic mass is 9.75. The van der Waals surface area contributed by atoms with Crippen molar-refractivity contribution in [3.8, 4) is 5.88 Å². The molecule has 1 saturated heterocycles. The fraction of sp³-hybridized carbons (Fsp3) is 0.520. The number of hydrogen-bond acceptors (Lipinski definition) is 5. The van der Waals surface area contributed by atoms with E-state index < -0.39 is 11.2 Å². The van der Waals surface area contributed by atoms with E-state index in [1.807, 2.05) is 0 Å². The minimum atomic E-state index is -0.951. The molecule has 1 saturated carbocycles. The van der Waals surface area contributed by atoms with Crippen molar-refractivity contribution in [3.05, 3.63) is 58.8 Å². The van der Waals surface area contributed by atoms with E-state index in [1.54, 1.807) is 25.3 Å². The van der Waals surface area contributed by atoms with Gasteiger partial charge < -0.3 is 9.47 Å². The molecule has 0 amide bonds. The summed E-state index contributed by atoms with van der Waals surface area (Å²) in [6, 6.07) is 6.24. The first-order valence-corrected chi connectivity index (χ1v) is 11.3. The van der Waals surface area contributed by atoms with Gasteiger partial charge in [-0.25, -0.2) is 13.8 Å². The molecular formula is C25H30F2N2O3. The topological polar surface area (TPSA) is 51.7 Å². The van der Waals surface area contributed by atoms with E-state index in [0.717, 1.165) is 19.6 Å². The van der Waals surface area contributed by atoms with Crippen LogP contribution in [0.25, 0.3) is 0 Å². The molecule has 1 aromatic heterocycles. The Hall–Kier alpha value is -2.54. The number of likely N-dealkylation sites (tertiary alicyclic amines) is 1. The molecule has 7 heteroatoms. The molecule has 1 aliphatic heterocycles. The van der Waals surface area contributed by atoms with Crippen LogP contribution in [-0.2, 0) is 14.9 Å². The highest BCUT2D eigenvalue weighted by atomic mass is 19.1. The van der Waals surface area contributed by atoms with Crippen LogP contribution < -0.4 is 4.74 Å². The number of methoxy groups -OCH3 is 1.